The van der Waals surface area contributed by atoms with E-state index in [1.807, 2.05) is 0 Å². The molecule has 1 saturated carbocycles. The van der Waals surface area contributed by atoms with Crippen LogP contribution < -0.4 is 10.6 Å². The van der Waals surface area contributed by atoms with Crippen LogP contribution in [0.2, 0.25) is 0 Å². The molecule has 3 nitrogen and oxygen atoms in total. The maximum Gasteiger partial charge on any atom is 0.166 e. The van der Waals surface area contributed by atoms with Crippen LogP contribution in [0, 0.1) is 0 Å². The quantitative estimate of drug-likeness (QED) is 0.555. The van der Waals surface area contributed by atoms with Crippen molar-refractivity contribution in [2.45, 2.75) is 70.9 Å². The van der Waals surface area contributed by atoms with E-state index in [4.69, 9.17) is 12.2 Å². The summed E-state index contributed by atoms with van der Waals surface area (Å²) in [6.07, 6.45) is 9.06. The molecule has 0 saturated heterocycles. The molecule has 1 aliphatic rings. The van der Waals surface area contributed by atoms with E-state index in [0.29, 0.717) is 12.1 Å². The standard InChI is InChI=1S/C15H31N3S/c1-13(2)18(3)12-8-7-11-16-15(19)17-14-9-5-4-6-10-14/h13-14H,4-12H2,1-3H3,(H2,16,17,19). The van der Waals surface area contributed by atoms with Crippen LogP contribution in [0.1, 0.15) is 58.8 Å². The zero-order chi connectivity index (χ0) is 14.1. The third-order valence-corrected chi connectivity index (χ3v) is 4.31. The summed E-state index contributed by atoms with van der Waals surface area (Å²) in [4.78, 5) is 2.39. The minimum Gasteiger partial charge on any atom is -0.363 e. The number of thiocarbonyl (C=S) groups is 1. The molecule has 0 atom stereocenters. The van der Waals surface area contributed by atoms with Gasteiger partial charge in [0.1, 0.15) is 0 Å². The van der Waals surface area contributed by atoms with Crippen LogP contribution in [0.15, 0.2) is 0 Å². The van der Waals surface area contributed by atoms with Gasteiger partial charge in [0.2, 0.25) is 0 Å². The smallest absolute Gasteiger partial charge is 0.166 e. The van der Waals surface area contributed by atoms with Gasteiger partial charge in [-0.1, -0.05) is 19.3 Å². The van der Waals surface area contributed by atoms with Gasteiger partial charge in [0, 0.05) is 18.6 Å². The van der Waals surface area contributed by atoms with Gasteiger partial charge in [-0.25, -0.2) is 0 Å². The Balaban J connectivity index is 1.98. The van der Waals surface area contributed by atoms with Crippen molar-refractivity contribution in [1.82, 2.24) is 15.5 Å². The van der Waals surface area contributed by atoms with E-state index in [1.54, 1.807) is 0 Å². The first kappa shape index (κ1) is 16.7. The fourth-order valence-corrected chi connectivity index (χ4v) is 2.70. The summed E-state index contributed by atoms with van der Waals surface area (Å²) in [6.45, 7) is 6.63. The highest BCUT2D eigenvalue weighted by Crippen LogP contribution is 2.17. The number of unbranched alkanes of at least 4 members (excludes halogenated alkanes) is 1. The van der Waals surface area contributed by atoms with Gasteiger partial charge in [0.05, 0.1) is 0 Å². The Hall–Kier alpha value is -0.350. The first-order chi connectivity index (χ1) is 9.09. The van der Waals surface area contributed by atoms with Crippen molar-refractivity contribution in [2.75, 3.05) is 20.1 Å². The summed E-state index contributed by atoms with van der Waals surface area (Å²) in [5, 5.41) is 7.63. The molecule has 0 aromatic heterocycles. The van der Waals surface area contributed by atoms with Gasteiger partial charge in [-0.05, 0) is 65.3 Å². The maximum atomic E-state index is 5.34. The van der Waals surface area contributed by atoms with E-state index in [9.17, 15) is 0 Å². The highest BCUT2D eigenvalue weighted by molar-refractivity contribution is 7.80. The molecule has 0 aliphatic heterocycles. The molecule has 0 amide bonds. The Labute approximate surface area is 124 Å². The molecule has 0 heterocycles. The molecule has 0 unspecified atom stereocenters. The van der Waals surface area contributed by atoms with Gasteiger partial charge in [-0.15, -0.1) is 0 Å². The lowest BCUT2D eigenvalue weighted by molar-refractivity contribution is 0.268. The van der Waals surface area contributed by atoms with Crippen molar-refractivity contribution in [3.05, 3.63) is 0 Å². The van der Waals surface area contributed by atoms with Crippen molar-refractivity contribution >= 4 is 17.3 Å². The monoisotopic (exact) mass is 285 g/mol. The van der Waals surface area contributed by atoms with Crippen LogP contribution in [0.5, 0.6) is 0 Å². The van der Waals surface area contributed by atoms with Crippen molar-refractivity contribution in [2.24, 2.45) is 0 Å². The second-order valence-electron chi connectivity index (χ2n) is 6.02. The van der Waals surface area contributed by atoms with Crippen molar-refractivity contribution < 1.29 is 0 Å². The molecule has 19 heavy (non-hydrogen) atoms. The molecule has 2 N–H and O–H groups in total. The summed E-state index contributed by atoms with van der Waals surface area (Å²) in [7, 11) is 2.19. The van der Waals surface area contributed by atoms with E-state index >= 15 is 0 Å². The number of hydrogen-bond donors (Lipinski definition) is 2. The highest BCUT2D eigenvalue weighted by atomic mass is 32.1. The Bertz CT molecular complexity index is 250. The minimum absolute atomic E-state index is 0.612. The van der Waals surface area contributed by atoms with Crippen LogP contribution in [-0.4, -0.2) is 42.2 Å². The van der Waals surface area contributed by atoms with Gasteiger partial charge in [-0.2, -0.15) is 0 Å². The maximum absolute atomic E-state index is 5.34. The van der Waals surface area contributed by atoms with Gasteiger partial charge >= 0.3 is 0 Å². The van der Waals surface area contributed by atoms with Crippen LogP contribution in [0.3, 0.4) is 0 Å². The average molecular weight is 286 g/mol. The second kappa shape index (κ2) is 9.54. The summed E-state index contributed by atoms with van der Waals surface area (Å²) in [5.41, 5.74) is 0. The molecule has 1 fully saturated rings. The molecule has 4 heteroatoms. The molecule has 0 spiro atoms. The zero-order valence-electron chi connectivity index (χ0n) is 12.9. The number of hydrogen-bond acceptors (Lipinski definition) is 2. The fraction of sp³-hybridized carbons (Fsp3) is 0.933. The van der Waals surface area contributed by atoms with E-state index in [1.165, 1.54) is 51.5 Å². The lowest BCUT2D eigenvalue weighted by atomic mass is 9.96. The normalized spacial score (nSPS) is 16.9. The average Bonchev–Trinajstić information content (AvgIpc) is 2.39. The van der Waals surface area contributed by atoms with Crippen LogP contribution in [0.4, 0.5) is 0 Å². The molecule has 0 radical (unpaired) electrons. The lowest BCUT2D eigenvalue weighted by Crippen LogP contribution is -2.43. The largest absolute Gasteiger partial charge is 0.363 e. The number of nitrogens with zero attached hydrogens (tertiary/aromatic N) is 1. The molecule has 1 rings (SSSR count). The van der Waals surface area contributed by atoms with Crippen LogP contribution >= 0.6 is 12.2 Å². The molecule has 0 aromatic carbocycles. The third-order valence-electron chi connectivity index (χ3n) is 4.05. The number of rotatable bonds is 7. The second-order valence-corrected chi connectivity index (χ2v) is 6.42. The van der Waals surface area contributed by atoms with Gasteiger partial charge in [0.25, 0.3) is 0 Å². The summed E-state index contributed by atoms with van der Waals surface area (Å²) in [6, 6.07) is 1.25. The SMILES string of the molecule is CC(C)N(C)CCCCNC(=S)NC1CCCCC1. The Morgan fingerprint density at radius 3 is 2.53 bits per heavy atom. The summed E-state index contributed by atoms with van der Waals surface area (Å²) >= 11 is 5.34. The van der Waals surface area contributed by atoms with Crippen LogP contribution in [-0.2, 0) is 0 Å². The van der Waals surface area contributed by atoms with E-state index in [-0.39, 0.29) is 0 Å². The minimum atomic E-state index is 0.612. The Morgan fingerprint density at radius 2 is 1.89 bits per heavy atom. The van der Waals surface area contributed by atoms with Gasteiger partial charge in [-0.3, -0.25) is 0 Å². The summed E-state index contributed by atoms with van der Waals surface area (Å²) in [5.74, 6) is 0. The number of nitrogens with one attached hydrogen (secondary N) is 2. The molecule has 1 aliphatic carbocycles. The van der Waals surface area contributed by atoms with Crippen molar-refractivity contribution in [3.8, 4) is 0 Å². The topological polar surface area (TPSA) is 27.3 Å². The lowest BCUT2D eigenvalue weighted by Gasteiger charge is -2.24. The molecular formula is C15H31N3S. The molecule has 112 valence electrons. The third kappa shape index (κ3) is 7.73. The highest BCUT2D eigenvalue weighted by Gasteiger charge is 2.13. The Kier molecular flexibility index (Phi) is 8.38. The predicted molar refractivity (Wildman–Crippen MR) is 87.6 cm³/mol. The summed E-state index contributed by atoms with van der Waals surface area (Å²) < 4.78 is 0. The van der Waals surface area contributed by atoms with Gasteiger partial charge < -0.3 is 15.5 Å². The molecule has 0 bridgehead atoms. The van der Waals surface area contributed by atoms with Crippen molar-refractivity contribution in [3.63, 3.8) is 0 Å². The predicted octanol–water partition coefficient (Wildman–Crippen LogP) is 2.90. The first-order valence-electron chi connectivity index (χ1n) is 7.84. The van der Waals surface area contributed by atoms with E-state index < -0.39 is 0 Å². The van der Waals surface area contributed by atoms with Crippen molar-refractivity contribution in [1.29, 1.82) is 0 Å². The molecule has 0 aromatic rings. The van der Waals surface area contributed by atoms with Crippen LogP contribution in [0.25, 0.3) is 0 Å². The molecular weight excluding hydrogens is 254 g/mol. The first-order valence-corrected chi connectivity index (χ1v) is 8.25. The zero-order valence-corrected chi connectivity index (χ0v) is 13.7. The Morgan fingerprint density at radius 1 is 1.21 bits per heavy atom. The van der Waals surface area contributed by atoms with Gasteiger partial charge in [0.15, 0.2) is 5.11 Å². The fourth-order valence-electron chi connectivity index (χ4n) is 2.43. The van der Waals surface area contributed by atoms with E-state index in [2.05, 4.69) is 36.4 Å². The van der Waals surface area contributed by atoms with E-state index in [0.717, 1.165) is 11.7 Å².